The summed E-state index contributed by atoms with van der Waals surface area (Å²) in [4.78, 5) is 14.0. The number of carbonyl (C=O) groups is 1. The van der Waals surface area contributed by atoms with E-state index >= 15 is 0 Å². The number of aryl methyl sites for hydroxylation is 2. The largest absolute Gasteiger partial charge is 0.341 e. The average molecular weight is 385 g/mol. The second kappa shape index (κ2) is 8.80. The Bertz CT molecular complexity index is 961. The number of hydrogen-bond acceptors (Lipinski definition) is 4. The van der Waals surface area contributed by atoms with Gasteiger partial charge in [0, 0.05) is 26.6 Å². The summed E-state index contributed by atoms with van der Waals surface area (Å²) < 4.78 is 27.3. The van der Waals surface area contributed by atoms with Crippen molar-refractivity contribution in [2.45, 2.75) is 31.7 Å². The molecule has 0 aliphatic rings. The van der Waals surface area contributed by atoms with Crippen LogP contribution in [-0.2, 0) is 21.4 Å². The Morgan fingerprint density at radius 3 is 2.41 bits per heavy atom. The lowest BCUT2D eigenvalue weighted by Gasteiger charge is -2.17. The first-order valence-corrected chi connectivity index (χ1v) is 10.0. The molecule has 0 aromatic heterocycles. The smallest absolute Gasteiger partial charge is 0.240 e. The van der Waals surface area contributed by atoms with E-state index in [1.807, 2.05) is 19.1 Å². The number of rotatable bonds is 7. The van der Waals surface area contributed by atoms with Gasteiger partial charge < -0.3 is 4.90 Å². The van der Waals surface area contributed by atoms with Gasteiger partial charge in [0.05, 0.1) is 16.5 Å². The Morgan fingerprint density at radius 1 is 1.15 bits per heavy atom. The highest BCUT2D eigenvalue weighted by molar-refractivity contribution is 7.89. The number of benzene rings is 2. The van der Waals surface area contributed by atoms with Gasteiger partial charge in [-0.2, -0.15) is 5.26 Å². The van der Waals surface area contributed by atoms with Crippen LogP contribution in [0.15, 0.2) is 47.4 Å². The maximum Gasteiger partial charge on any atom is 0.240 e. The third-order valence-electron chi connectivity index (χ3n) is 4.18. The Morgan fingerprint density at radius 2 is 1.81 bits per heavy atom. The van der Waals surface area contributed by atoms with Gasteiger partial charge in [0.2, 0.25) is 15.9 Å². The molecule has 2 aromatic rings. The van der Waals surface area contributed by atoms with Crippen molar-refractivity contribution in [1.29, 1.82) is 5.26 Å². The van der Waals surface area contributed by atoms with E-state index in [-0.39, 0.29) is 23.8 Å². The van der Waals surface area contributed by atoms with Crippen LogP contribution in [0.4, 0.5) is 0 Å². The predicted octanol–water partition coefficient (Wildman–Crippen LogP) is 2.50. The summed E-state index contributed by atoms with van der Waals surface area (Å²) in [6.07, 6.45) is 0.0664. The van der Waals surface area contributed by atoms with Gasteiger partial charge in [0.1, 0.15) is 0 Å². The van der Waals surface area contributed by atoms with Crippen molar-refractivity contribution in [3.63, 3.8) is 0 Å². The highest BCUT2D eigenvalue weighted by atomic mass is 32.2. The van der Waals surface area contributed by atoms with Gasteiger partial charge in [-0.25, -0.2) is 13.1 Å². The lowest BCUT2D eigenvalue weighted by molar-refractivity contribution is -0.130. The summed E-state index contributed by atoms with van der Waals surface area (Å²) in [5.41, 5.74) is 3.13. The molecule has 0 atom stereocenters. The zero-order chi connectivity index (χ0) is 20.0. The molecule has 0 saturated carbocycles. The molecule has 0 bridgehead atoms. The molecular weight excluding hydrogens is 362 g/mol. The Labute approximate surface area is 160 Å². The summed E-state index contributed by atoms with van der Waals surface area (Å²) in [7, 11) is -1.98. The number of nitrogens with one attached hydrogen (secondary N) is 1. The van der Waals surface area contributed by atoms with Crippen LogP contribution in [0.3, 0.4) is 0 Å². The van der Waals surface area contributed by atoms with Crippen LogP contribution in [0.2, 0.25) is 0 Å². The monoisotopic (exact) mass is 385 g/mol. The van der Waals surface area contributed by atoms with Crippen LogP contribution in [0.25, 0.3) is 0 Å². The second-order valence-corrected chi connectivity index (χ2v) is 8.21. The minimum Gasteiger partial charge on any atom is -0.341 e. The molecule has 0 spiro atoms. The normalized spacial score (nSPS) is 11.0. The fourth-order valence-corrected chi connectivity index (χ4v) is 3.96. The maximum absolute atomic E-state index is 12.4. The zero-order valence-corrected chi connectivity index (χ0v) is 16.5. The quantitative estimate of drug-likeness (QED) is 0.793. The van der Waals surface area contributed by atoms with Crippen LogP contribution >= 0.6 is 0 Å². The molecule has 0 radical (unpaired) electrons. The minimum absolute atomic E-state index is 0.0339. The number of carbonyl (C=O) groups excluding carboxylic acids is 1. The Balaban J connectivity index is 1.89. The number of sulfonamides is 1. The molecule has 7 heteroatoms. The van der Waals surface area contributed by atoms with Gasteiger partial charge in [-0.3, -0.25) is 4.79 Å². The van der Waals surface area contributed by atoms with E-state index in [1.165, 1.54) is 4.90 Å². The van der Waals surface area contributed by atoms with Gasteiger partial charge in [0.25, 0.3) is 0 Å². The van der Waals surface area contributed by atoms with Gasteiger partial charge >= 0.3 is 0 Å². The number of nitrogens with zero attached hydrogens (tertiary/aromatic N) is 2. The molecule has 142 valence electrons. The van der Waals surface area contributed by atoms with Crippen LogP contribution in [0.5, 0.6) is 0 Å². The molecule has 2 rings (SSSR count). The van der Waals surface area contributed by atoms with Gasteiger partial charge in [0.15, 0.2) is 0 Å². The van der Waals surface area contributed by atoms with Crippen LogP contribution in [0, 0.1) is 25.2 Å². The Kier molecular flexibility index (Phi) is 6.72. The van der Waals surface area contributed by atoms with Crippen LogP contribution < -0.4 is 4.72 Å². The first-order chi connectivity index (χ1) is 12.7. The zero-order valence-electron chi connectivity index (χ0n) is 15.7. The maximum atomic E-state index is 12.4. The van der Waals surface area contributed by atoms with Crippen molar-refractivity contribution in [1.82, 2.24) is 9.62 Å². The predicted molar refractivity (Wildman–Crippen MR) is 103 cm³/mol. The third-order valence-corrected chi connectivity index (χ3v) is 5.80. The molecule has 0 unspecified atom stereocenters. The average Bonchev–Trinajstić information content (AvgIpc) is 2.61. The number of amides is 1. The van der Waals surface area contributed by atoms with Gasteiger partial charge in [-0.1, -0.05) is 29.8 Å². The molecule has 0 aliphatic carbocycles. The molecule has 0 heterocycles. The molecule has 0 saturated heterocycles. The summed E-state index contributed by atoms with van der Waals surface area (Å²) in [5.74, 6) is -0.164. The number of nitriles is 1. The molecule has 27 heavy (non-hydrogen) atoms. The molecule has 1 amide bonds. The molecule has 1 N–H and O–H groups in total. The van der Waals surface area contributed by atoms with E-state index in [0.717, 1.165) is 11.1 Å². The molecule has 0 aliphatic heterocycles. The minimum atomic E-state index is -3.65. The van der Waals surface area contributed by atoms with Crippen molar-refractivity contribution in [3.8, 4) is 6.07 Å². The van der Waals surface area contributed by atoms with Gasteiger partial charge in [-0.15, -0.1) is 0 Å². The summed E-state index contributed by atoms with van der Waals surface area (Å²) in [6.45, 7) is 4.08. The molecule has 0 fully saturated rings. The van der Waals surface area contributed by atoms with Crippen molar-refractivity contribution < 1.29 is 13.2 Å². The molecule has 2 aromatic carbocycles. The Hall–Kier alpha value is -2.69. The van der Waals surface area contributed by atoms with Crippen molar-refractivity contribution >= 4 is 15.9 Å². The van der Waals surface area contributed by atoms with Crippen molar-refractivity contribution in [2.24, 2.45) is 0 Å². The lowest BCUT2D eigenvalue weighted by Crippen LogP contribution is -2.32. The summed E-state index contributed by atoms with van der Waals surface area (Å²) >= 11 is 0. The fourth-order valence-electron chi connectivity index (χ4n) is 2.71. The van der Waals surface area contributed by atoms with Crippen LogP contribution in [-0.4, -0.2) is 32.8 Å². The van der Waals surface area contributed by atoms with Crippen LogP contribution in [0.1, 0.15) is 28.7 Å². The summed E-state index contributed by atoms with van der Waals surface area (Å²) in [6, 6.07) is 14.2. The topological polar surface area (TPSA) is 90.3 Å². The molecule has 6 nitrogen and oxygen atoms in total. The van der Waals surface area contributed by atoms with E-state index in [4.69, 9.17) is 5.26 Å². The van der Waals surface area contributed by atoms with E-state index < -0.39 is 10.0 Å². The molecular formula is C20H23N3O3S. The third kappa shape index (κ3) is 5.64. The highest BCUT2D eigenvalue weighted by Gasteiger charge is 2.17. The van der Waals surface area contributed by atoms with E-state index in [2.05, 4.69) is 4.72 Å². The van der Waals surface area contributed by atoms with E-state index in [9.17, 15) is 13.2 Å². The first kappa shape index (κ1) is 20.6. The SMILES string of the molecule is Cc1ccc(S(=O)(=O)NCCC(=O)N(C)Cc2ccc(C#N)cc2)c(C)c1. The number of hydrogen-bond donors (Lipinski definition) is 1. The fraction of sp³-hybridized carbons (Fsp3) is 0.300. The summed E-state index contributed by atoms with van der Waals surface area (Å²) in [5, 5.41) is 8.80. The lowest BCUT2D eigenvalue weighted by atomic mass is 10.1. The van der Waals surface area contributed by atoms with E-state index in [0.29, 0.717) is 17.7 Å². The second-order valence-electron chi connectivity index (χ2n) is 6.48. The van der Waals surface area contributed by atoms with E-state index in [1.54, 1.807) is 50.4 Å². The van der Waals surface area contributed by atoms with Crippen molar-refractivity contribution in [2.75, 3.05) is 13.6 Å². The van der Waals surface area contributed by atoms with Crippen molar-refractivity contribution in [3.05, 3.63) is 64.7 Å². The van der Waals surface area contributed by atoms with Gasteiger partial charge in [-0.05, 0) is 43.2 Å². The highest BCUT2D eigenvalue weighted by Crippen LogP contribution is 2.16. The first-order valence-electron chi connectivity index (χ1n) is 8.53. The standard InChI is InChI=1S/C20H23N3O3S/c1-15-4-9-19(16(2)12-15)27(25,26)22-11-10-20(24)23(3)14-18-7-5-17(13-21)6-8-18/h4-9,12,22H,10-11,14H2,1-3H3.